The second-order valence-corrected chi connectivity index (χ2v) is 9.40. The molecule has 0 amide bonds. The SMILES string of the molecule is CCC(=O)O[C@H]1CC[C@@H]2[C@H]3CCC4=CC(=O)CC[C@]4(C)[C@@H]3C(=O)C[C@]12C. The van der Waals surface area contributed by atoms with Gasteiger partial charge in [-0.15, -0.1) is 0 Å². The Morgan fingerprint density at radius 1 is 1.19 bits per heavy atom. The van der Waals surface area contributed by atoms with Crippen LogP contribution in [0.5, 0.6) is 0 Å². The number of hydrogen-bond donors (Lipinski definition) is 0. The van der Waals surface area contributed by atoms with Crippen molar-refractivity contribution in [3.63, 3.8) is 0 Å². The lowest BCUT2D eigenvalue weighted by molar-refractivity contribution is -0.164. The van der Waals surface area contributed by atoms with Crippen LogP contribution in [-0.4, -0.2) is 23.6 Å². The van der Waals surface area contributed by atoms with Gasteiger partial charge >= 0.3 is 5.97 Å². The summed E-state index contributed by atoms with van der Waals surface area (Å²) in [5.41, 5.74) is 0.845. The fourth-order valence-corrected chi connectivity index (χ4v) is 6.77. The summed E-state index contributed by atoms with van der Waals surface area (Å²) in [7, 11) is 0. The van der Waals surface area contributed by atoms with E-state index >= 15 is 0 Å². The maximum atomic E-state index is 13.4. The third kappa shape index (κ3) is 2.44. The van der Waals surface area contributed by atoms with Crippen molar-refractivity contribution in [2.45, 2.75) is 78.2 Å². The molecule has 4 aliphatic carbocycles. The van der Waals surface area contributed by atoms with Crippen molar-refractivity contribution >= 4 is 17.5 Å². The van der Waals surface area contributed by atoms with Crippen molar-refractivity contribution in [3.05, 3.63) is 11.6 Å². The van der Waals surface area contributed by atoms with E-state index in [2.05, 4.69) is 13.8 Å². The molecule has 0 saturated heterocycles. The van der Waals surface area contributed by atoms with Crippen molar-refractivity contribution in [2.24, 2.45) is 28.6 Å². The minimum absolute atomic E-state index is 0.0364. The summed E-state index contributed by atoms with van der Waals surface area (Å²) < 4.78 is 5.76. The Hall–Kier alpha value is -1.45. The van der Waals surface area contributed by atoms with Crippen molar-refractivity contribution in [3.8, 4) is 0 Å². The maximum Gasteiger partial charge on any atom is 0.305 e. The van der Waals surface area contributed by atoms with E-state index in [-0.39, 0.29) is 34.6 Å². The predicted molar refractivity (Wildman–Crippen MR) is 97.3 cm³/mol. The average molecular weight is 358 g/mol. The number of carbonyl (C=O) groups is 3. The fraction of sp³-hybridized carbons (Fsp3) is 0.773. The molecule has 6 atom stereocenters. The quantitative estimate of drug-likeness (QED) is 0.700. The monoisotopic (exact) mass is 358 g/mol. The number of Topliss-reactive ketones (excluding diaryl/α,β-unsaturated/α-hetero) is 1. The summed E-state index contributed by atoms with van der Waals surface area (Å²) in [5.74, 6) is 1.23. The Morgan fingerprint density at radius 3 is 2.69 bits per heavy atom. The van der Waals surface area contributed by atoms with Crippen molar-refractivity contribution in [1.82, 2.24) is 0 Å². The number of allylic oxidation sites excluding steroid dienone is 1. The molecule has 0 unspecified atom stereocenters. The van der Waals surface area contributed by atoms with Crippen LogP contribution in [0.25, 0.3) is 0 Å². The average Bonchev–Trinajstić information content (AvgIpc) is 2.91. The molecule has 0 aromatic rings. The molecular formula is C22H30O4. The lowest BCUT2D eigenvalue weighted by atomic mass is 9.47. The number of ketones is 2. The van der Waals surface area contributed by atoms with Crippen LogP contribution in [0.15, 0.2) is 11.6 Å². The minimum atomic E-state index is -0.217. The van der Waals surface area contributed by atoms with Gasteiger partial charge in [0.25, 0.3) is 0 Å². The summed E-state index contributed by atoms with van der Waals surface area (Å²) in [6.07, 6.45) is 7.82. The van der Waals surface area contributed by atoms with Crippen LogP contribution in [0, 0.1) is 28.6 Å². The van der Waals surface area contributed by atoms with Crippen LogP contribution in [0.1, 0.15) is 72.1 Å². The Balaban J connectivity index is 1.66. The molecule has 3 fully saturated rings. The Bertz CT molecular complexity index is 692. The number of rotatable bonds is 2. The van der Waals surface area contributed by atoms with Crippen LogP contribution in [0.4, 0.5) is 0 Å². The largest absolute Gasteiger partial charge is 0.462 e. The molecule has 4 aliphatic rings. The van der Waals surface area contributed by atoms with E-state index < -0.39 is 0 Å². The second-order valence-electron chi connectivity index (χ2n) is 9.40. The van der Waals surface area contributed by atoms with E-state index in [9.17, 15) is 14.4 Å². The Morgan fingerprint density at radius 2 is 1.96 bits per heavy atom. The van der Waals surface area contributed by atoms with Crippen LogP contribution in [0.3, 0.4) is 0 Å². The molecule has 3 saturated carbocycles. The summed E-state index contributed by atoms with van der Waals surface area (Å²) in [6, 6.07) is 0. The van der Waals surface area contributed by atoms with Gasteiger partial charge < -0.3 is 4.74 Å². The molecule has 0 N–H and O–H groups in total. The first-order valence-electron chi connectivity index (χ1n) is 10.3. The summed E-state index contributed by atoms with van der Waals surface area (Å²) >= 11 is 0. The first-order valence-corrected chi connectivity index (χ1v) is 10.3. The predicted octanol–water partition coefficient (Wildman–Crippen LogP) is 4.02. The van der Waals surface area contributed by atoms with Gasteiger partial charge in [-0.25, -0.2) is 0 Å². The van der Waals surface area contributed by atoms with Crippen LogP contribution < -0.4 is 0 Å². The first-order chi connectivity index (χ1) is 12.3. The molecule has 4 rings (SSSR count). The lowest BCUT2D eigenvalue weighted by Gasteiger charge is -2.56. The first kappa shape index (κ1) is 17.9. The van der Waals surface area contributed by atoms with Gasteiger partial charge in [0, 0.05) is 30.6 Å². The van der Waals surface area contributed by atoms with E-state index in [0.717, 1.165) is 32.1 Å². The molecule has 26 heavy (non-hydrogen) atoms. The highest BCUT2D eigenvalue weighted by Gasteiger charge is 2.63. The molecule has 0 spiro atoms. The summed E-state index contributed by atoms with van der Waals surface area (Å²) in [6.45, 7) is 6.20. The molecule has 0 radical (unpaired) electrons. The van der Waals surface area contributed by atoms with Crippen LogP contribution in [0.2, 0.25) is 0 Å². The highest BCUT2D eigenvalue weighted by atomic mass is 16.5. The molecule has 0 heterocycles. The zero-order chi connectivity index (χ0) is 18.7. The summed E-state index contributed by atoms with van der Waals surface area (Å²) in [4.78, 5) is 37.1. The van der Waals surface area contributed by atoms with Gasteiger partial charge in [-0.05, 0) is 55.4 Å². The molecule has 4 heteroatoms. The molecule has 0 bridgehead atoms. The lowest BCUT2D eigenvalue weighted by Crippen LogP contribution is -2.55. The van der Waals surface area contributed by atoms with E-state index in [1.165, 1.54) is 5.57 Å². The zero-order valence-corrected chi connectivity index (χ0v) is 16.2. The van der Waals surface area contributed by atoms with E-state index in [1.54, 1.807) is 0 Å². The van der Waals surface area contributed by atoms with Crippen molar-refractivity contribution in [1.29, 1.82) is 0 Å². The normalized spacial score (nSPS) is 44.7. The Kier molecular flexibility index (Phi) is 4.16. The van der Waals surface area contributed by atoms with E-state index in [0.29, 0.717) is 36.9 Å². The zero-order valence-electron chi connectivity index (χ0n) is 16.2. The minimum Gasteiger partial charge on any atom is -0.462 e. The molecule has 0 aromatic carbocycles. The van der Waals surface area contributed by atoms with Crippen molar-refractivity contribution in [2.75, 3.05) is 0 Å². The van der Waals surface area contributed by atoms with Crippen molar-refractivity contribution < 1.29 is 19.1 Å². The third-order valence-corrected chi connectivity index (χ3v) is 8.12. The Labute approximate surface area is 155 Å². The van der Waals surface area contributed by atoms with Gasteiger partial charge in [-0.3, -0.25) is 14.4 Å². The number of ether oxygens (including phenoxy) is 1. The van der Waals surface area contributed by atoms with E-state index in [1.807, 2.05) is 13.0 Å². The molecule has 4 nitrogen and oxygen atoms in total. The standard InChI is InChI=1S/C22H30O4/c1-4-19(25)26-18-8-7-16-15-6-5-13-11-14(23)9-10-21(13,2)20(15)17(24)12-22(16,18)3/h11,15-16,18,20H,4-10,12H2,1-3H3/t15-,16-,18+,20+,21+,22+/m1/s1. The highest BCUT2D eigenvalue weighted by molar-refractivity contribution is 5.93. The molecular weight excluding hydrogens is 328 g/mol. The van der Waals surface area contributed by atoms with Gasteiger partial charge in [-0.1, -0.05) is 26.3 Å². The summed E-state index contributed by atoms with van der Waals surface area (Å²) in [5, 5.41) is 0. The topological polar surface area (TPSA) is 60.4 Å². The van der Waals surface area contributed by atoms with Gasteiger partial charge in [0.1, 0.15) is 11.9 Å². The van der Waals surface area contributed by atoms with Crippen LogP contribution in [-0.2, 0) is 19.1 Å². The third-order valence-electron chi connectivity index (χ3n) is 8.12. The maximum absolute atomic E-state index is 13.4. The molecule has 0 aliphatic heterocycles. The molecule has 0 aromatic heterocycles. The molecule has 142 valence electrons. The highest BCUT2D eigenvalue weighted by Crippen LogP contribution is 2.64. The van der Waals surface area contributed by atoms with Gasteiger partial charge in [0.05, 0.1) is 0 Å². The van der Waals surface area contributed by atoms with Crippen LogP contribution >= 0.6 is 0 Å². The second kappa shape index (κ2) is 6.03. The van der Waals surface area contributed by atoms with Gasteiger partial charge in [0.2, 0.25) is 0 Å². The fourth-order valence-electron chi connectivity index (χ4n) is 6.77. The number of hydrogen-bond acceptors (Lipinski definition) is 4. The number of esters is 1. The number of carbonyl (C=O) groups excluding carboxylic acids is 3. The van der Waals surface area contributed by atoms with E-state index in [4.69, 9.17) is 4.74 Å². The number of fused-ring (bicyclic) bond motifs is 5. The van der Waals surface area contributed by atoms with Gasteiger partial charge in [-0.2, -0.15) is 0 Å². The van der Waals surface area contributed by atoms with Gasteiger partial charge in [0.15, 0.2) is 5.78 Å². The smallest absolute Gasteiger partial charge is 0.305 e.